The lowest BCUT2D eigenvalue weighted by Crippen LogP contribution is -2.28. The molecule has 1 unspecified atom stereocenters. The van der Waals surface area contributed by atoms with Crippen molar-refractivity contribution in [3.05, 3.63) is 29.8 Å². The number of nitrogens with zero attached hydrogens (tertiary/aromatic N) is 2. The molecule has 0 radical (unpaired) electrons. The van der Waals surface area contributed by atoms with E-state index in [4.69, 9.17) is 0 Å². The SMILES string of the molecule is CC(C)N(C)CCC(O)c1ccc(F)cn1. The van der Waals surface area contributed by atoms with Gasteiger partial charge in [0, 0.05) is 12.6 Å². The number of hydrogen-bond donors (Lipinski definition) is 1. The molecule has 0 saturated heterocycles. The summed E-state index contributed by atoms with van der Waals surface area (Å²) in [5.41, 5.74) is 0.526. The van der Waals surface area contributed by atoms with Crippen LogP contribution >= 0.6 is 0 Å². The Kier molecular flexibility index (Phi) is 4.83. The molecular weight excluding hydrogens is 207 g/mol. The van der Waals surface area contributed by atoms with Crippen molar-refractivity contribution < 1.29 is 9.50 Å². The third kappa shape index (κ3) is 3.87. The van der Waals surface area contributed by atoms with Crippen molar-refractivity contribution in [1.82, 2.24) is 9.88 Å². The zero-order valence-electron chi connectivity index (χ0n) is 10.0. The number of hydrogen-bond acceptors (Lipinski definition) is 3. The van der Waals surface area contributed by atoms with Gasteiger partial charge in [0.2, 0.25) is 0 Å². The Morgan fingerprint density at radius 3 is 2.62 bits per heavy atom. The van der Waals surface area contributed by atoms with E-state index >= 15 is 0 Å². The molecule has 0 saturated carbocycles. The van der Waals surface area contributed by atoms with Crippen LogP contribution in [0.2, 0.25) is 0 Å². The van der Waals surface area contributed by atoms with Crippen molar-refractivity contribution in [3.63, 3.8) is 0 Å². The summed E-state index contributed by atoms with van der Waals surface area (Å²) in [5.74, 6) is -0.379. The van der Waals surface area contributed by atoms with Crippen LogP contribution in [0.1, 0.15) is 32.1 Å². The Morgan fingerprint density at radius 2 is 2.12 bits per heavy atom. The lowest BCUT2D eigenvalue weighted by molar-refractivity contribution is 0.137. The molecular formula is C12H19FN2O. The monoisotopic (exact) mass is 226 g/mol. The van der Waals surface area contributed by atoms with Gasteiger partial charge >= 0.3 is 0 Å². The number of pyridine rings is 1. The van der Waals surface area contributed by atoms with E-state index in [1.807, 2.05) is 7.05 Å². The highest BCUT2D eigenvalue weighted by Crippen LogP contribution is 2.14. The standard InChI is InChI=1S/C12H19FN2O/c1-9(2)15(3)7-6-12(16)11-5-4-10(13)8-14-11/h4-5,8-9,12,16H,6-7H2,1-3H3. The van der Waals surface area contributed by atoms with Crippen molar-refractivity contribution in [2.75, 3.05) is 13.6 Å². The molecule has 0 fully saturated rings. The van der Waals surface area contributed by atoms with Crippen LogP contribution in [0.3, 0.4) is 0 Å². The Labute approximate surface area is 95.9 Å². The van der Waals surface area contributed by atoms with Crippen molar-refractivity contribution in [2.24, 2.45) is 0 Å². The zero-order valence-corrected chi connectivity index (χ0v) is 10.0. The van der Waals surface area contributed by atoms with Gasteiger partial charge in [0.15, 0.2) is 0 Å². The number of aliphatic hydroxyl groups excluding tert-OH is 1. The molecule has 3 nitrogen and oxygen atoms in total. The van der Waals surface area contributed by atoms with Gasteiger partial charge in [-0.3, -0.25) is 4.98 Å². The van der Waals surface area contributed by atoms with E-state index in [-0.39, 0.29) is 5.82 Å². The molecule has 0 bridgehead atoms. The van der Waals surface area contributed by atoms with Crippen LogP contribution in [0.25, 0.3) is 0 Å². The predicted molar refractivity (Wildman–Crippen MR) is 61.5 cm³/mol. The Morgan fingerprint density at radius 1 is 1.44 bits per heavy atom. The quantitative estimate of drug-likeness (QED) is 0.834. The third-order valence-electron chi connectivity index (χ3n) is 2.73. The molecule has 0 aliphatic carbocycles. The molecule has 4 heteroatoms. The summed E-state index contributed by atoms with van der Waals surface area (Å²) in [5, 5.41) is 9.83. The minimum Gasteiger partial charge on any atom is -0.387 e. The largest absolute Gasteiger partial charge is 0.387 e. The van der Waals surface area contributed by atoms with Crippen LogP contribution in [0.5, 0.6) is 0 Å². The Bertz CT molecular complexity index is 313. The smallest absolute Gasteiger partial charge is 0.141 e. The number of aliphatic hydroxyl groups is 1. The minimum absolute atomic E-state index is 0.379. The lowest BCUT2D eigenvalue weighted by atomic mass is 10.1. The number of halogens is 1. The second-order valence-corrected chi connectivity index (χ2v) is 4.28. The summed E-state index contributed by atoms with van der Waals surface area (Å²) in [7, 11) is 2.01. The second-order valence-electron chi connectivity index (χ2n) is 4.28. The van der Waals surface area contributed by atoms with Gasteiger partial charge in [-0.25, -0.2) is 4.39 Å². The fourth-order valence-corrected chi connectivity index (χ4v) is 1.32. The molecule has 90 valence electrons. The average molecular weight is 226 g/mol. The van der Waals surface area contributed by atoms with Gasteiger partial charge in [-0.05, 0) is 39.4 Å². The lowest BCUT2D eigenvalue weighted by Gasteiger charge is -2.22. The molecule has 1 rings (SSSR count). The highest BCUT2D eigenvalue weighted by atomic mass is 19.1. The maximum absolute atomic E-state index is 12.6. The number of rotatable bonds is 5. The van der Waals surface area contributed by atoms with Gasteiger partial charge in [0.25, 0.3) is 0 Å². The van der Waals surface area contributed by atoms with Crippen molar-refractivity contribution in [3.8, 4) is 0 Å². The van der Waals surface area contributed by atoms with E-state index in [9.17, 15) is 9.50 Å². The van der Waals surface area contributed by atoms with Crippen molar-refractivity contribution >= 4 is 0 Å². The van der Waals surface area contributed by atoms with Gasteiger partial charge < -0.3 is 10.0 Å². The van der Waals surface area contributed by atoms with Gasteiger partial charge in [-0.2, -0.15) is 0 Å². The van der Waals surface area contributed by atoms with Crippen molar-refractivity contribution in [1.29, 1.82) is 0 Å². The Balaban J connectivity index is 2.46. The first-order chi connectivity index (χ1) is 7.50. The van der Waals surface area contributed by atoms with Crippen LogP contribution in [-0.4, -0.2) is 34.6 Å². The third-order valence-corrected chi connectivity index (χ3v) is 2.73. The molecule has 0 aromatic carbocycles. The molecule has 16 heavy (non-hydrogen) atoms. The molecule has 0 aliphatic heterocycles. The first-order valence-corrected chi connectivity index (χ1v) is 5.50. The zero-order chi connectivity index (χ0) is 12.1. The molecule has 0 aliphatic rings. The van der Waals surface area contributed by atoms with E-state index < -0.39 is 6.10 Å². The molecule has 1 aromatic rings. The fourth-order valence-electron chi connectivity index (χ4n) is 1.32. The van der Waals surface area contributed by atoms with Crippen LogP contribution in [0, 0.1) is 5.82 Å². The highest BCUT2D eigenvalue weighted by Gasteiger charge is 2.11. The van der Waals surface area contributed by atoms with Crippen molar-refractivity contribution in [2.45, 2.75) is 32.4 Å². The number of aromatic nitrogens is 1. The summed E-state index contributed by atoms with van der Waals surface area (Å²) in [6, 6.07) is 3.29. The summed E-state index contributed by atoms with van der Waals surface area (Å²) in [4.78, 5) is 6.00. The first-order valence-electron chi connectivity index (χ1n) is 5.50. The second kappa shape index (κ2) is 5.92. The predicted octanol–water partition coefficient (Wildman–Crippen LogP) is 1.98. The maximum Gasteiger partial charge on any atom is 0.141 e. The van der Waals surface area contributed by atoms with Crippen LogP contribution in [-0.2, 0) is 0 Å². The van der Waals surface area contributed by atoms with Crippen LogP contribution in [0.4, 0.5) is 4.39 Å². The van der Waals surface area contributed by atoms with E-state index in [1.165, 1.54) is 12.1 Å². The van der Waals surface area contributed by atoms with Gasteiger partial charge in [-0.15, -0.1) is 0 Å². The maximum atomic E-state index is 12.6. The molecule has 0 amide bonds. The van der Waals surface area contributed by atoms with E-state index in [1.54, 1.807) is 0 Å². The van der Waals surface area contributed by atoms with E-state index in [2.05, 4.69) is 23.7 Å². The molecule has 1 heterocycles. The molecule has 1 atom stereocenters. The summed E-state index contributed by atoms with van der Waals surface area (Å²) in [6.45, 7) is 4.99. The normalized spacial score (nSPS) is 13.4. The van der Waals surface area contributed by atoms with Gasteiger partial charge in [0.1, 0.15) is 5.82 Å². The molecule has 0 spiro atoms. The molecule has 1 aromatic heterocycles. The fraction of sp³-hybridized carbons (Fsp3) is 0.583. The van der Waals surface area contributed by atoms with Gasteiger partial charge in [0.05, 0.1) is 18.0 Å². The summed E-state index contributed by atoms with van der Waals surface area (Å²) < 4.78 is 12.6. The van der Waals surface area contributed by atoms with Crippen LogP contribution in [0.15, 0.2) is 18.3 Å². The summed E-state index contributed by atoms with van der Waals surface area (Å²) in [6.07, 6.45) is 1.11. The van der Waals surface area contributed by atoms with Crippen LogP contribution < -0.4 is 0 Å². The topological polar surface area (TPSA) is 36.4 Å². The minimum atomic E-state index is -0.623. The average Bonchev–Trinajstić information content (AvgIpc) is 2.26. The first kappa shape index (κ1) is 13.1. The van der Waals surface area contributed by atoms with E-state index in [0.29, 0.717) is 18.2 Å². The summed E-state index contributed by atoms with van der Waals surface area (Å²) >= 11 is 0. The van der Waals surface area contributed by atoms with Gasteiger partial charge in [-0.1, -0.05) is 0 Å². The van der Waals surface area contributed by atoms with E-state index in [0.717, 1.165) is 12.7 Å². The highest BCUT2D eigenvalue weighted by molar-refractivity contribution is 5.07. The molecule has 1 N–H and O–H groups in total. The Hall–Kier alpha value is -1.00.